The minimum absolute atomic E-state index is 0.298. The Labute approximate surface area is 109 Å². The van der Waals surface area contributed by atoms with Crippen molar-refractivity contribution in [3.8, 4) is 6.07 Å². The van der Waals surface area contributed by atoms with E-state index in [0.29, 0.717) is 22.1 Å². The molecular formula is C11H10Cl2N4. The van der Waals surface area contributed by atoms with Crippen LogP contribution in [0.5, 0.6) is 0 Å². The van der Waals surface area contributed by atoms with Gasteiger partial charge in [0.05, 0.1) is 17.6 Å². The SMILES string of the molecule is CC(N)(C#N)Cn1cc2cc(Cl)cc(Cl)c2n1. The molecule has 1 aromatic heterocycles. The van der Waals surface area contributed by atoms with Crippen LogP contribution >= 0.6 is 23.2 Å². The van der Waals surface area contributed by atoms with Crippen LogP contribution in [0.3, 0.4) is 0 Å². The summed E-state index contributed by atoms with van der Waals surface area (Å²) >= 11 is 11.9. The van der Waals surface area contributed by atoms with Crippen LogP contribution in [0.4, 0.5) is 0 Å². The Bertz CT molecular complexity index is 610. The summed E-state index contributed by atoms with van der Waals surface area (Å²) in [5.74, 6) is 0. The molecule has 2 N–H and O–H groups in total. The molecule has 1 atom stereocenters. The third kappa shape index (κ3) is 2.52. The predicted octanol–water partition coefficient (Wildman–Crippen LogP) is 2.58. The van der Waals surface area contributed by atoms with Crippen molar-refractivity contribution in [1.82, 2.24) is 9.78 Å². The number of hydrogen-bond donors (Lipinski definition) is 1. The topological polar surface area (TPSA) is 67.6 Å². The zero-order valence-corrected chi connectivity index (χ0v) is 10.6. The molecule has 6 heteroatoms. The van der Waals surface area contributed by atoms with Gasteiger partial charge < -0.3 is 5.73 Å². The number of aromatic nitrogens is 2. The molecule has 4 nitrogen and oxygen atoms in total. The second-order valence-electron chi connectivity index (χ2n) is 4.18. The molecule has 0 spiro atoms. The zero-order valence-electron chi connectivity index (χ0n) is 9.11. The lowest BCUT2D eigenvalue weighted by Crippen LogP contribution is -2.39. The van der Waals surface area contributed by atoms with Crippen molar-refractivity contribution >= 4 is 34.1 Å². The molecule has 2 rings (SSSR count). The lowest BCUT2D eigenvalue weighted by molar-refractivity contribution is 0.462. The van der Waals surface area contributed by atoms with Crippen molar-refractivity contribution in [3.05, 3.63) is 28.4 Å². The average molecular weight is 269 g/mol. The first-order valence-corrected chi connectivity index (χ1v) is 5.69. The maximum Gasteiger partial charge on any atom is 0.121 e. The van der Waals surface area contributed by atoms with Gasteiger partial charge in [-0.3, -0.25) is 4.68 Å². The second-order valence-corrected chi connectivity index (χ2v) is 5.03. The van der Waals surface area contributed by atoms with E-state index in [9.17, 15) is 0 Å². The summed E-state index contributed by atoms with van der Waals surface area (Å²) < 4.78 is 1.61. The Morgan fingerprint density at radius 1 is 1.53 bits per heavy atom. The van der Waals surface area contributed by atoms with Crippen LogP contribution in [0.15, 0.2) is 18.3 Å². The Balaban J connectivity index is 2.46. The Kier molecular flexibility index (Phi) is 3.00. The minimum atomic E-state index is -0.960. The smallest absolute Gasteiger partial charge is 0.121 e. The molecule has 1 unspecified atom stereocenters. The predicted molar refractivity (Wildman–Crippen MR) is 68.0 cm³/mol. The third-order valence-electron chi connectivity index (χ3n) is 2.32. The molecule has 1 heterocycles. The maximum atomic E-state index is 8.87. The van der Waals surface area contributed by atoms with E-state index in [1.165, 1.54) is 0 Å². The van der Waals surface area contributed by atoms with Crippen LogP contribution in [-0.2, 0) is 6.54 Å². The first-order chi connectivity index (χ1) is 7.91. The molecule has 0 aliphatic rings. The molecule has 2 aromatic rings. The molecule has 0 aliphatic carbocycles. The number of fused-ring (bicyclic) bond motifs is 1. The number of nitrogens with two attached hydrogens (primary N) is 1. The summed E-state index contributed by atoms with van der Waals surface area (Å²) in [6.45, 7) is 1.94. The van der Waals surface area contributed by atoms with Crippen LogP contribution in [-0.4, -0.2) is 15.3 Å². The van der Waals surface area contributed by atoms with E-state index in [1.807, 2.05) is 6.07 Å². The first-order valence-electron chi connectivity index (χ1n) is 4.94. The number of halogens is 2. The number of hydrogen-bond acceptors (Lipinski definition) is 3. The fourth-order valence-corrected chi connectivity index (χ4v) is 2.11. The number of rotatable bonds is 2. The monoisotopic (exact) mass is 268 g/mol. The fraction of sp³-hybridized carbons (Fsp3) is 0.273. The van der Waals surface area contributed by atoms with Gasteiger partial charge in [0.25, 0.3) is 0 Å². The van der Waals surface area contributed by atoms with E-state index < -0.39 is 5.54 Å². The van der Waals surface area contributed by atoms with Gasteiger partial charge in [-0.1, -0.05) is 23.2 Å². The van der Waals surface area contributed by atoms with Gasteiger partial charge in [0.1, 0.15) is 11.1 Å². The highest BCUT2D eigenvalue weighted by atomic mass is 35.5. The molecule has 0 radical (unpaired) electrons. The summed E-state index contributed by atoms with van der Waals surface area (Å²) in [6, 6.07) is 5.42. The molecule has 0 fully saturated rings. The Morgan fingerprint density at radius 2 is 2.24 bits per heavy atom. The summed E-state index contributed by atoms with van der Waals surface area (Å²) in [5.41, 5.74) is 5.45. The minimum Gasteiger partial charge on any atom is -0.312 e. The normalized spacial score (nSPS) is 14.5. The summed E-state index contributed by atoms with van der Waals surface area (Å²) in [4.78, 5) is 0. The summed E-state index contributed by atoms with van der Waals surface area (Å²) in [6.07, 6.45) is 1.77. The van der Waals surface area contributed by atoms with Gasteiger partial charge in [0, 0.05) is 16.6 Å². The molecule has 1 aromatic carbocycles. The van der Waals surface area contributed by atoms with E-state index >= 15 is 0 Å². The molecule has 17 heavy (non-hydrogen) atoms. The molecular weight excluding hydrogens is 259 g/mol. The van der Waals surface area contributed by atoms with Gasteiger partial charge in [-0.05, 0) is 19.1 Å². The molecule has 0 amide bonds. The Morgan fingerprint density at radius 3 is 2.88 bits per heavy atom. The van der Waals surface area contributed by atoms with Gasteiger partial charge in [-0.15, -0.1) is 0 Å². The quantitative estimate of drug-likeness (QED) is 0.911. The van der Waals surface area contributed by atoms with E-state index in [4.69, 9.17) is 34.2 Å². The first kappa shape index (κ1) is 12.2. The summed E-state index contributed by atoms with van der Waals surface area (Å²) in [5, 5.41) is 15.0. The highest BCUT2D eigenvalue weighted by molar-refractivity contribution is 6.38. The van der Waals surface area contributed by atoms with Gasteiger partial charge in [0.2, 0.25) is 0 Å². The molecule has 88 valence electrons. The van der Waals surface area contributed by atoms with Crippen LogP contribution in [0.25, 0.3) is 10.9 Å². The maximum absolute atomic E-state index is 8.87. The highest BCUT2D eigenvalue weighted by Gasteiger charge is 2.19. The van der Waals surface area contributed by atoms with Gasteiger partial charge >= 0.3 is 0 Å². The lowest BCUT2D eigenvalue weighted by Gasteiger charge is -2.14. The van der Waals surface area contributed by atoms with Crippen molar-refractivity contribution in [2.24, 2.45) is 5.73 Å². The van der Waals surface area contributed by atoms with E-state index in [-0.39, 0.29) is 0 Å². The van der Waals surface area contributed by atoms with Gasteiger partial charge in [0.15, 0.2) is 0 Å². The van der Waals surface area contributed by atoms with Crippen molar-refractivity contribution in [3.63, 3.8) is 0 Å². The van der Waals surface area contributed by atoms with Crippen molar-refractivity contribution in [1.29, 1.82) is 5.26 Å². The molecule has 0 saturated carbocycles. The van der Waals surface area contributed by atoms with Crippen molar-refractivity contribution in [2.75, 3.05) is 0 Å². The molecule has 0 bridgehead atoms. The van der Waals surface area contributed by atoms with E-state index in [0.717, 1.165) is 5.39 Å². The fourth-order valence-electron chi connectivity index (χ4n) is 1.56. The van der Waals surface area contributed by atoms with E-state index in [1.54, 1.807) is 29.9 Å². The third-order valence-corrected chi connectivity index (χ3v) is 2.83. The average Bonchev–Trinajstić information content (AvgIpc) is 2.59. The molecule has 0 saturated heterocycles. The highest BCUT2D eigenvalue weighted by Crippen LogP contribution is 2.26. The van der Waals surface area contributed by atoms with Crippen molar-refractivity contribution < 1.29 is 0 Å². The largest absolute Gasteiger partial charge is 0.312 e. The number of benzene rings is 1. The standard InChI is InChI=1S/C11H10Cl2N4/c1-11(15,5-14)6-17-4-7-2-8(12)3-9(13)10(7)16-17/h2-4H,6,15H2,1H3. The van der Waals surface area contributed by atoms with E-state index in [2.05, 4.69) is 5.10 Å². The molecule has 0 aliphatic heterocycles. The van der Waals surface area contributed by atoms with Crippen LogP contribution in [0, 0.1) is 11.3 Å². The zero-order chi connectivity index (χ0) is 12.6. The van der Waals surface area contributed by atoms with Gasteiger partial charge in [-0.25, -0.2) is 0 Å². The van der Waals surface area contributed by atoms with Crippen LogP contribution < -0.4 is 5.73 Å². The number of nitrogens with zero attached hydrogens (tertiary/aromatic N) is 3. The second kappa shape index (κ2) is 4.19. The number of nitriles is 1. The van der Waals surface area contributed by atoms with Crippen molar-refractivity contribution in [2.45, 2.75) is 19.0 Å². The summed E-state index contributed by atoms with van der Waals surface area (Å²) in [7, 11) is 0. The Hall–Kier alpha value is -1.28. The van der Waals surface area contributed by atoms with Crippen LogP contribution in [0.2, 0.25) is 10.0 Å². The lowest BCUT2D eigenvalue weighted by atomic mass is 10.1. The van der Waals surface area contributed by atoms with Gasteiger partial charge in [-0.2, -0.15) is 10.4 Å². The van der Waals surface area contributed by atoms with Crippen LogP contribution in [0.1, 0.15) is 6.92 Å².